The molecular weight excluding hydrogens is 352 g/mol. The van der Waals surface area contributed by atoms with Gasteiger partial charge in [0.05, 0.1) is 6.42 Å². The van der Waals surface area contributed by atoms with Gasteiger partial charge in [0.25, 0.3) is 0 Å². The topological polar surface area (TPSA) is 115 Å². The van der Waals surface area contributed by atoms with Gasteiger partial charge in [-0.2, -0.15) is 4.98 Å². The number of carboxylic acid groups (broad SMARTS) is 1. The summed E-state index contributed by atoms with van der Waals surface area (Å²) in [6, 6.07) is 5.49. The van der Waals surface area contributed by atoms with Gasteiger partial charge in [-0.1, -0.05) is 18.1 Å². The quantitative estimate of drug-likeness (QED) is 0.608. The zero-order valence-electron chi connectivity index (χ0n) is 15.3. The van der Waals surface area contributed by atoms with Crippen LogP contribution in [0.15, 0.2) is 22.7 Å². The van der Waals surface area contributed by atoms with Gasteiger partial charge in [-0.25, -0.2) is 0 Å². The Balaban J connectivity index is 1.85. The van der Waals surface area contributed by atoms with E-state index in [2.05, 4.69) is 10.1 Å². The van der Waals surface area contributed by atoms with Crippen LogP contribution >= 0.6 is 0 Å². The molecule has 27 heavy (non-hydrogen) atoms. The lowest BCUT2D eigenvalue weighted by Gasteiger charge is -2.22. The number of nitrogens with zero attached hydrogens (tertiary/aromatic N) is 2. The molecule has 0 aliphatic carbocycles. The van der Waals surface area contributed by atoms with Crippen LogP contribution in [0.5, 0.6) is 11.5 Å². The van der Waals surface area contributed by atoms with Crippen molar-refractivity contribution in [3.05, 3.63) is 35.5 Å². The molecule has 0 bridgehead atoms. The number of aliphatic carboxylic acids is 1. The molecule has 0 spiro atoms. The van der Waals surface area contributed by atoms with Crippen molar-refractivity contribution in [2.45, 2.75) is 50.9 Å². The summed E-state index contributed by atoms with van der Waals surface area (Å²) < 4.78 is 16.2. The first-order chi connectivity index (χ1) is 13.1. The van der Waals surface area contributed by atoms with Crippen molar-refractivity contribution in [3.63, 3.8) is 0 Å². The average Bonchev–Trinajstić information content (AvgIpc) is 3.30. The van der Waals surface area contributed by atoms with E-state index in [9.17, 15) is 9.90 Å². The second-order valence-corrected chi connectivity index (χ2v) is 6.56. The predicted octanol–water partition coefficient (Wildman–Crippen LogP) is 2.87. The highest BCUT2D eigenvalue weighted by Gasteiger charge is 2.31. The third kappa shape index (κ3) is 4.57. The van der Waals surface area contributed by atoms with Crippen molar-refractivity contribution in [2.24, 2.45) is 0 Å². The maximum absolute atomic E-state index is 11.5. The van der Waals surface area contributed by atoms with Gasteiger partial charge in [-0.05, 0) is 37.0 Å². The lowest BCUT2D eigenvalue weighted by molar-refractivity contribution is -0.137. The SMILES string of the molecule is CCC(c1nc(CCCCO)no1)C(CC(=O)O)c1ccc2c(c1)OCO2. The van der Waals surface area contributed by atoms with Crippen molar-refractivity contribution in [3.8, 4) is 11.5 Å². The van der Waals surface area contributed by atoms with E-state index < -0.39 is 5.97 Å². The Labute approximate surface area is 157 Å². The van der Waals surface area contributed by atoms with Gasteiger partial charge in [0.2, 0.25) is 12.7 Å². The Morgan fingerprint density at radius 1 is 1.22 bits per heavy atom. The molecule has 1 aliphatic rings. The van der Waals surface area contributed by atoms with Crippen LogP contribution < -0.4 is 9.47 Å². The molecule has 2 aromatic rings. The maximum Gasteiger partial charge on any atom is 0.303 e. The van der Waals surface area contributed by atoms with Gasteiger partial charge in [-0.3, -0.25) is 4.79 Å². The molecule has 8 heteroatoms. The number of aliphatic hydroxyl groups excluding tert-OH is 1. The maximum atomic E-state index is 11.5. The van der Waals surface area contributed by atoms with Crippen LogP contribution in [-0.4, -0.2) is 39.7 Å². The van der Waals surface area contributed by atoms with Crippen LogP contribution in [-0.2, 0) is 11.2 Å². The van der Waals surface area contributed by atoms with E-state index in [0.717, 1.165) is 12.0 Å². The Kier molecular flexibility index (Phi) is 6.28. The fourth-order valence-corrected chi connectivity index (χ4v) is 3.37. The standard InChI is InChI=1S/C19H24N2O6/c1-2-13(19-20-17(21-27-19)5-3-4-8-22)14(10-18(23)24)12-6-7-15-16(9-12)26-11-25-15/h6-7,9,13-14,22H,2-5,8,10-11H2,1H3,(H,23,24). The Hall–Kier alpha value is -2.61. The first kappa shape index (κ1) is 19.2. The van der Waals surface area contributed by atoms with Gasteiger partial charge in [-0.15, -0.1) is 0 Å². The molecule has 2 N–H and O–H groups in total. The van der Waals surface area contributed by atoms with Gasteiger partial charge < -0.3 is 24.2 Å². The second-order valence-electron chi connectivity index (χ2n) is 6.56. The summed E-state index contributed by atoms with van der Waals surface area (Å²) in [6.07, 6.45) is 2.67. The number of benzene rings is 1. The lowest BCUT2D eigenvalue weighted by atomic mass is 9.81. The van der Waals surface area contributed by atoms with Crippen LogP contribution in [0.4, 0.5) is 0 Å². The predicted molar refractivity (Wildman–Crippen MR) is 94.9 cm³/mol. The van der Waals surface area contributed by atoms with Crippen LogP contribution in [0.1, 0.15) is 61.7 Å². The smallest absolute Gasteiger partial charge is 0.303 e. The second kappa shape index (κ2) is 8.85. The van der Waals surface area contributed by atoms with E-state index in [1.54, 1.807) is 6.07 Å². The molecule has 0 amide bonds. The van der Waals surface area contributed by atoms with E-state index in [4.69, 9.17) is 19.1 Å². The Morgan fingerprint density at radius 2 is 2.04 bits per heavy atom. The minimum absolute atomic E-state index is 0.0552. The number of ether oxygens (including phenoxy) is 2. The van der Waals surface area contributed by atoms with Crippen molar-refractivity contribution in [1.82, 2.24) is 10.1 Å². The number of hydrogen-bond donors (Lipinski definition) is 2. The van der Waals surface area contributed by atoms with E-state index in [1.807, 2.05) is 19.1 Å². The number of aryl methyl sites for hydroxylation is 1. The highest BCUT2D eigenvalue weighted by atomic mass is 16.7. The fraction of sp³-hybridized carbons (Fsp3) is 0.526. The summed E-state index contributed by atoms with van der Waals surface area (Å²) in [4.78, 5) is 16.0. The zero-order valence-corrected chi connectivity index (χ0v) is 15.3. The van der Waals surface area contributed by atoms with Gasteiger partial charge in [0, 0.05) is 24.9 Å². The number of aliphatic hydroxyl groups is 1. The van der Waals surface area contributed by atoms with Crippen LogP contribution in [0.3, 0.4) is 0 Å². The van der Waals surface area contributed by atoms with Gasteiger partial charge in [0.15, 0.2) is 17.3 Å². The molecule has 0 saturated heterocycles. The summed E-state index contributed by atoms with van der Waals surface area (Å²) in [5.41, 5.74) is 0.841. The monoisotopic (exact) mass is 376 g/mol. The minimum atomic E-state index is -0.890. The number of hydrogen-bond acceptors (Lipinski definition) is 7. The molecule has 2 heterocycles. The van der Waals surface area contributed by atoms with Crippen molar-refractivity contribution >= 4 is 5.97 Å². The number of carbonyl (C=O) groups is 1. The van der Waals surface area contributed by atoms with E-state index in [0.29, 0.717) is 42.5 Å². The van der Waals surface area contributed by atoms with Crippen LogP contribution in [0.2, 0.25) is 0 Å². The fourth-order valence-electron chi connectivity index (χ4n) is 3.37. The Bertz CT molecular complexity index is 775. The molecule has 2 atom stereocenters. The third-order valence-corrected chi connectivity index (χ3v) is 4.75. The zero-order chi connectivity index (χ0) is 19.2. The lowest BCUT2D eigenvalue weighted by Crippen LogP contribution is -2.15. The number of unbranched alkanes of at least 4 members (excludes halogenated alkanes) is 1. The van der Waals surface area contributed by atoms with E-state index in [-0.39, 0.29) is 31.7 Å². The Morgan fingerprint density at radius 3 is 2.78 bits per heavy atom. The van der Waals surface area contributed by atoms with Crippen molar-refractivity contribution in [1.29, 1.82) is 0 Å². The molecular formula is C19H24N2O6. The summed E-state index contributed by atoms with van der Waals surface area (Å²) in [6.45, 7) is 2.27. The van der Waals surface area contributed by atoms with Crippen molar-refractivity contribution in [2.75, 3.05) is 13.4 Å². The van der Waals surface area contributed by atoms with Crippen LogP contribution in [0.25, 0.3) is 0 Å². The number of fused-ring (bicyclic) bond motifs is 1. The minimum Gasteiger partial charge on any atom is -0.481 e. The first-order valence-electron chi connectivity index (χ1n) is 9.17. The van der Waals surface area contributed by atoms with Crippen LogP contribution in [0, 0.1) is 0 Å². The summed E-state index contributed by atoms with van der Waals surface area (Å²) in [5, 5.41) is 22.3. The molecule has 1 aromatic heterocycles. The number of rotatable bonds is 10. The van der Waals surface area contributed by atoms with Gasteiger partial charge in [0.1, 0.15) is 0 Å². The molecule has 1 aromatic carbocycles. The first-order valence-corrected chi connectivity index (χ1v) is 9.17. The highest BCUT2D eigenvalue weighted by Crippen LogP contribution is 2.41. The largest absolute Gasteiger partial charge is 0.481 e. The van der Waals surface area contributed by atoms with Crippen molar-refractivity contribution < 1.29 is 29.0 Å². The average molecular weight is 376 g/mol. The molecule has 8 nitrogen and oxygen atoms in total. The van der Waals surface area contributed by atoms with E-state index in [1.165, 1.54) is 0 Å². The molecule has 0 fully saturated rings. The molecule has 2 unspecified atom stereocenters. The van der Waals surface area contributed by atoms with E-state index >= 15 is 0 Å². The highest BCUT2D eigenvalue weighted by molar-refractivity contribution is 5.68. The summed E-state index contributed by atoms with van der Waals surface area (Å²) in [5.74, 6) is 0.863. The molecule has 146 valence electrons. The normalized spacial score (nSPS) is 14.9. The molecule has 0 saturated carbocycles. The van der Waals surface area contributed by atoms with Gasteiger partial charge >= 0.3 is 5.97 Å². The molecule has 3 rings (SSSR count). The summed E-state index contributed by atoms with van der Waals surface area (Å²) >= 11 is 0. The number of carboxylic acids is 1. The molecule has 0 radical (unpaired) electrons. The molecule has 1 aliphatic heterocycles. The summed E-state index contributed by atoms with van der Waals surface area (Å²) in [7, 11) is 0. The third-order valence-electron chi connectivity index (χ3n) is 4.75. The number of aromatic nitrogens is 2.